The topological polar surface area (TPSA) is 79.2 Å². The number of rotatable bonds is 4. The first kappa shape index (κ1) is 21.8. The van der Waals surface area contributed by atoms with E-state index in [0.29, 0.717) is 11.4 Å². The van der Waals surface area contributed by atoms with Crippen LogP contribution in [-0.2, 0) is 7.05 Å². The number of benzene rings is 1. The van der Waals surface area contributed by atoms with Gasteiger partial charge in [0.05, 0.1) is 11.9 Å². The first-order valence-corrected chi connectivity index (χ1v) is 11.8. The summed E-state index contributed by atoms with van der Waals surface area (Å²) in [6.07, 6.45) is 5.35. The average molecular weight is 553 g/mol. The van der Waals surface area contributed by atoms with Crippen molar-refractivity contribution in [2.75, 3.05) is 36.4 Å². The number of fused-ring (bicyclic) bond motifs is 1. The molecule has 8 nitrogen and oxygen atoms in total. The van der Waals surface area contributed by atoms with Crippen LogP contribution in [0.3, 0.4) is 0 Å². The Hall–Kier alpha value is -3.05. The molecule has 5 rings (SSSR count). The van der Waals surface area contributed by atoms with Crippen LogP contribution in [0.25, 0.3) is 22.0 Å². The molecule has 4 heterocycles. The molecule has 0 radical (unpaired) electrons. The van der Waals surface area contributed by atoms with Crippen LogP contribution in [0.2, 0.25) is 0 Å². The summed E-state index contributed by atoms with van der Waals surface area (Å²) in [5.74, 6) is 2.11. The number of hydrogen-bond donors (Lipinski definition) is 1. The van der Waals surface area contributed by atoms with E-state index in [0.717, 1.165) is 59.9 Å². The molecule has 1 amide bonds. The fraction of sp³-hybridized carbons (Fsp3) is 0.250. The Balaban J connectivity index is 1.37. The largest absolute Gasteiger partial charge is 0.354 e. The summed E-state index contributed by atoms with van der Waals surface area (Å²) in [5.41, 5.74) is 2.68. The number of nitrogens with one attached hydrogen (secondary N) is 1. The third-order valence-corrected chi connectivity index (χ3v) is 7.00. The molecule has 1 aliphatic heterocycles. The van der Waals surface area contributed by atoms with Crippen LogP contribution in [0, 0.1) is 6.92 Å². The van der Waals surface area contributed by atoms with Crippen LogP contribution in [-0.4, -0.2) is 54.7 Å². The number of halogens is 1. The van der Waals surface area contributed by atoms with Crippen molar-refractivity contribution in [1.82, 2.24) is 22.6 Å². The number of amides is 1. The monoisotopic (exact) mass is 553 g/mol. The lowest BCUT2D eigenvalue weighted by molar-refractivity contribution is 0.102. The lowest BCUT2D eigenvalue weighted by atomic mass is 10.1. The van der Waals surface area contributed by atoms with Gasteiger partial charge < -0.3 is 14.8 Å². The summed E-state index contributed by atoms with van der Waals surface area (Å²) >= 11 is 2.34. The second kappa shape index (κ2) is 9.06. The molecule has 1 aromatic carbocycles. The number of aromatic nitrogens is 4. The molecule has 0 aliphatic carbocycles. The van der Waals surface area contributed by atoms with E-state index in [1.165, 1.54) is 0 Å². The van der Waals surface area contributed by atoms with Crippen molar-refractivity contribution >= 4 is 51.2 Å². The molecule has 3 aromatic heterocycles. The Bertz CT molecular complexity index is 1330. The van der Waals surface area contributed by atoms with Gasteiger partial charge in [-0.3, -0.25) is 4.79 Å². The molecule has 1 saturated heterocycles. The maximum Gasteiger partial charge on any atom is 0.257 e. The summed E-state index contributed by atoms with van der Waals surface area (Å²) in [4.78, 5) is 28.5. The van der Waals surface area contributed by atoms with Crippen molar-refractivity contribution in [3.8, 4) is 11.3 Å². The minimum absolute atomic E-state index is 0.198. The minimum atomic E-state index is -0.198. The molecule has 1 fully saturated rings. The fourth-order valence-electron chi connectivity index (χ4n) is 3.97. The molecule has 168 valence electrons. The zero-order valence-corrected chi connectivity index (χ0v) is 20.7. The molecular formula is C24H24IN7O. The quantitative estimate of drug-likeness (QED) is 0.304. The predicted molar refractivity (Wildman–Crippen MR) is 139 cm³/mol. The molecule has 1 N–H and O–H groups in total. The van der Waals surface area contributed by atoms with Gasteiger partial charge in [0.25, 0.3) is 5.91 Å². The number of piperazine rings is 1. The van der Waals surface area contributed by atoms with Gasteiger partial charge in [-0.25, -0.2) is 18.1 Å². The van der Waals surface area contributed by atoms with Gasteiger partial charge >= 0.3 is 0 Å². The molecule has 0 bridgehead atoms. The van der Waals surface area contributed by atoms with Crippen LogP contribution in [0.5, 0.6) is 0 Å². The summed E-state index contributed by atoms with van der Waals surface area (Å²) < 4.78 is 4.32. The molecule has 4 aromatic rings. The molecule has 0 saturated carbocycles. The van der Waals surface area contributed by atoms with Crippen molar-refractivity contribution in [3.63, 3.8) is 0 Å². The number of carbonyl (C=O) groups excluding carboxylic acids is 1. The van der Waals surface area contributed by atoms with Gasteiger partial charge in [-0.05, 0) is 36.6 Å². The molecule has 0 spiro atoms. The number of aryl methyl sites for hydroxylation is 1. The van der Waals surface area contributed by atoms with Gasteiger partial charge in [-0.1, -0.05) is 12.1 Å². The zero-order chi connectivity index (χ0) is 22.9. The molecule has 1 aliphatic rings. The summed E-state index contributed by atoms with van der Waals surface area (Å²) in [6, 6.07) is 11.7. The minimum Gasteiger partial charge on any atom is -0.354 e. The molecular weight excluding hydrogens is 529 g/mol. The third kappa shape index (κ3) is 4.55. The van der Waals surface area contributed by atoms with Gasteiger partial charge in [-0.15, -0.1) is 0 Å². The van der Waals surface area contributed by atoms with Crippen LogP contribution in [0.1, 0.15) is 16.2 Å². The van der Waals surface area contributed by atoms with Gasteiger partial charge in [0.15, 0.2) is 0 Å². The maximum atomic E-state index is 13.0. The standard InChI is InChI=1S/C24H24IN7O/c1-16-27-15-21(30(16)2)17-3-4-19-14-28-22(12-20(19)11-17)29-24(33)18-5-6-26-23(13-18)31-7-9-32(25)10-8-31/h3-6,11-15H,7-10H2,1-2H3,(H,28,29,33). The number of nitrogens with zero attached hydrogens (tertiary/aromatic N) is 6. The van der Waals surface area contributed by atoms with Crippen molar-refractivity contribution in [3.05, 3.63) is 66.4 Å². The van der Waals surface area contributed by atoms with E-state index in [1.54, 1.807) is 18.5 Å². The number of anilines is 2. The van der Waals surface area contributed by atoms with Gasteiger partial charge in [0.1, 0.15) is 17.5 Å². The van der Waals surface area contributed by atoms with Crippen LogP contribution < -0.4 is 10.2 Å². The van der Waals surface area contributed by atoms with Crippen molar-refractivity contribution < 1.29 is 4.79 Å². The highest BCUT2D eigenvalue weighted by atomic mass is 127. The second-order valence-electron chi connectivity index (χ2n) is 8.13. The normalized spacial score (nSPS) is 14.6. The lowest BCUT2D eigenvalue weighted by Crippen LogP contribution is -2.42. The van der Waals surface area contributed by atoms with E-state index in [4.69, 9.17) is 0 Å². The average Bonchev–Trinajstić information content (AvgIpc) is 3.17. The highest BCUT2D eigenvalue weighted by molar-refractivity contribution is 14.1. The summed E-state index contributed by atoms with van der Waals surface area (Å²) in [7, 11) is 2.00. The van der Waals surface area contributed by atoms with E-state index in [2.05, 4.69) is 67.8 Å². The Morgan fingerprint density at radius 3 is 2.55 bits per heavy atom. The number of carbonyl (C=O) groups is 1. The molecule has 0 atom stereocenters. The third-order valence-electron chi connectivity index (χ3n) is 6.04. The Kier molecular flexibility index (Phi) is 5.98. The number of hydrogen-bond acceptors (Lipinski definition) is 6. The Morgan fingerprint density at radius 2 is 1.79 bits per heavy atom. The molecule has 33 heavy (non-hydrogen) atoms. The smallest absolute Gasteiger partial charge is 0.257 e. The SMILES string of the molecule is Cc1ncc(-c2ccc3cnc(NC(=O)c4ccnc(N5CCN(I)CC5)c4)cc3c2)n1C. The summed E-state index contributed by atoms with van der Waals surface area (Å²) in [5, 5.41) is 4.95. The van der Waals surface area contributed by atoms with Crippen LogP contribution in [0.4, 0.5) is 11.6 Å². The highest BCUT2D eigenvalue weighted by Crippen LogP contribution is 2.26. The van der Waals surface area contributed by atoms with E-state index in [9.17, 15) is 4.79 Å². The van der Waals surface area contributed by atoms with Crippen LogP contribution >= 0.6 is 22.9 Å². The van der Waals surface area contributed by atoms with Crippen molar-refractivity contribution in [1.29, 1.82) is 0 Å². The fourth-order valence-corrected chi connectivity index (χ4v) is 4.40. The Morgan fingerprint density at radius 1 is 0.970 bits per heavy atom. The van der Waals surface area contributed by atoms with E-state index < -0.39 is 0 Å². The van der Waals surface area contributed by atoms with Gasteiger partial charge in [0, 0.05) is 85.0 Å². The molecule has 0 unspecified atom stereocenters. The van der Waals surface area contributed by atoms with Gasteiger partial charge in [0.2, 0.25) is 0 Å². The second-order valence-corrected chi connectivity index (χ2v) is 9.50. The van der Waals surface area contributed by atoms with E-state index >= 15 is 0 Å². The summed E-state index contributed by atoms with van der Waals surface area (Å²) in [6.45, 7) is 5.72. The van der Waals surface area contributed by atoms with Crippen molar-refractivity contribution in [2.24, 2.45) is 7.05 Å². The van der Waals surface area contributed by atoms with Gasteiger partial charge in [-0.2, -0.15) is 0 Å². The first-order valence-electron chi connectivity index (χ1n) is 10.8. The van der Waals surface area contributed by atoms with Crippen molar-refractivity contribution in [2.45, 2.75) is 6.92 Å². The Labute approximate surface area is 206 Å². The first-order chi connectivity index (χ1) is 16.0. The number of imidazole rings is 1. The molecule has 9 heteroatoms. The van der Waals surface area contributed by atoms with Crippen LogP contribution in [0.15, 0.2) is 55.0 Å². The number of pyridine rings is 2. The zero-order valence-electron chi connectivity index (χ0n) is 18.5. The van der Waals surface area contributed by atoms with E-state index in [-0.39, 0.29) is 5.91 Å². The predicted octanol–water partition coefficient (Wildman–Crippen LogP) is 4.06. The lowest BCUT2D eigenvalue weighted by Gasteiger charge is -2.32. The van der Waals surface area contributed by atoms with E-state index in [1.807, 2.05) is 38.4 Å². The highest BCUT2D eigenvalue weighted by Gasteiger charge is 2.18. The maximum absolute atomic E-state index is 13.0.